The zero-order valence-electron chi connectivity index (χ0n) is 18.9. The van der Waals surface area contributed by atoms with Crippen LogP contribution in [0.25, 0.3) is 0 Å². The molecule has 0 radical (unpaired) electrons. The van der Waals surface area contributed by atoms with E-state index >= 15 is 0 Å². The van der Waals surface area contributed by atoms with Crippen molar-refractivity contribution in [1.82, 2.24) is 15.6 Å². The molecule has 0 spiro atoms. The van der Waals surface area contributed by atoms with Gasteiger partial charge in [-0.2, -0.15) is 0 Å². The number of halogens is 2. The summed E-state index contributed by atoms with van der Waals surface area (Å²) < 4.78 is 27.5. The van der Waals surface area contributed by atoms with Gasteiger partial charge in [-0.15, -0.1) is 6.42 Å². The van der Waals surface area contributed by atoms with Crippen molar-refractivity contribution < 1.29 is 18.7 Å². The number of aromatic nitrogens is 1. The Morgan fingerprint density at radius 2 is 1.82 bits per heavy atom. The molecule has 7 heteroatoms. The van der Waals surface area contributed by atoms with Crippen LogP contribution < -0.4 is 10.6 Å². The molecule has 0 fully saturated rings. The summed E-state index contributed by atoms with van der Waals surface area (Å²) >= 11 is 0. The minimum atomic E-state index is -1.05. The molecule has 3 aromatic rings. The highest BCUT2D eigenvalue weighted by Gasteiger charge is 2.24. The maximum atomic E-state index is 13.7. The third kappa shape index (κ3) is 6.95. The van der Waals surface area contributed by atoms with Crippen molar-refractivity contribution in [3.63, 3.8) is 0 Å². The van der Waals surface area contributed by atoms with Gasteiger partial charge in [-0.05, 0) is 59.7 Å². The van der Waals surface area contributed by atoms with Crippen LogP contribution in [0.3, 0.4) is 0 Å². The molecule has 34 heavy (non-hydrogen) atoms. The van der Waals surface area contributed by atoms with Gasteiger partial charge in [0.1, 0.15) is 17.3 Å². The Labute approximate surface area is 198 Å². The van der Waals surface area contributed by atoms with Crippen LogP contribution in [-0.2, 0) is 19.4 Å². The van der Waals surface area contributed by atoms with E-state index in [1.165, 1.54) is 30.0 Å². The second-order valence-corrected chi connectivity index (χ2v) is 7.98. The first-order valence-corrected chi connectivity index (χ1v) is 11.0. The number of nitrogens with one attached hydrogen (secondary N) is 2. The van der Waals surface area contributed by atoms with E-state index in [1.807, 2.05) is 18.2 Å². The van der Waals surface area contributed by atoms with Crippen LogP contribution in [0.4, 0.5) is 8.78 Å². The van der Waals surface area contributed by atoms with Gasteiger partial charge in [0, 0.05) is 25.4 Å². The molecule has 1 heterocycles. The predicted molar refractivity (Wildman–Crippen MR) is 127 cm³/mol. The Kier molecular flexibility index (Phi) is 8.86. The van der Waals surface area contributed by atoms with Gasteiger partial charge < -0.3 is 15.7 Å². The summed E-state index contributed by atoms with van der Waals surface area (Å²) in [5, 5.41) is 16.8. The van der Waals surface area contributed by atoms with Crippen molar-refractivity contribution in [2.24, 2.45) is 0 Å². The van der Waals surface area contributed by atoms with Gasteiger partial charge in [-0.25, -0.2) is 13.8 Å². The number of pyridine rings is 1. The molecule has 176 valence electrons. The van der Waals surface area contributed by atoms with Gasteiger partial charge in [-0.3, -0.25) is 4.79 Å². The highest BCUT2D eigenvalue weighted by atomic mass is 19.1. The van der Waals surface area contributed by atoms with Crippen molar-refractivity contribution in [2.75, 3.05) is 6.54 Å². The first-order chi connectivity index (χ1) is 16.4. The number of hydrogen-bond donors (Lipinski definition) is 3. The lowest BCUT2D eigenvalue weighted by molar-refractivity contribution is 0.0829. The van der Waals surface area contributed by atoms with E-state index < -0.39 is 29.7 Å². The summed E-state index contributed by atoms with van der Waals surface area (Å²) in [5.74, 6) is 0.367. The van der Waals surface area contributed by atoms with Crippen molar-refractivity contribution in [2.45, 2.75) is 38.5 Å². The van der Waals surface area contributed by atoms with Crippen LogP contribution in [0.5, 0.6) is 0 Å². The molecule has 2 unspecified atom stereocenters. The number of aliphatic hydroxyl groups excluding tert-OH is 1. The number of hydrogen-bond acceptors (Lipinski definition) is 4. The quantitative estimate of drug-likeness (QED) is 0.403. The fourth-order valence-corrected chi connectivity index (χ4v) is 3.68. The van der Waals surface area contributed by atoms with Crippen LogP contribution in [-0.4, -0.2) is 34.7 Å². The number of rotatable bonds is 10. The van der Waals surface area contributed by atoms with Gasteiger partial charge >= 0.3 is 0 Å². The van der Waals surface area contributed by atoms with E-state index in [2.05, 4.69) is 34.5 Å². The average Bonchev–Trinajstić information content (AvgIpc) is 2.83. The Hall–Kier alpha value is -3.60. The summed E-state index contributed by atoms with van der Waals surface area (Å²) in [5.41, 5.74) is 2.92. The lowest BCUT2D eigenvalue weighted by atomic mass is 9.99. The van der Waals surface area contributed by atoms with Crippen molar-refractivity contribution >= 4 is 5.91 Å². The predicted octanol–water partition coefficient (Wildman–Crippen LogP) is 3.40. The lowest BCUT2D eigenvalue weighted by Crippen LogP contribution is -2.48. The minimum Gasteiger partial charge on any atom is -0.390 e. The van der Waals surface area contributed by atoms with Crippen LogP contribution in [0, 0.1) is 24.0 Å². The summed E-state index contributed by atoms with van der Waals surface area (Å²) in [6.45, 7) is 2.74. The van der Waals surface area contributed by atoms with E-state index in [0.29, 0.717) is 12.1 Å². The van der Waals surface area contributed by atoms with Gasteiger partial charge in [0.05, 0.1) is 17.7 Å². The van der Waals surface area contributed by atoms with E-state index in [1.54, 1.807) is 6.07 Å². The molecule has 1 aromatic heterocycles. The number of aryl methyl sites for hydroxylation is 1. The van der Waals surface area contributed by atoms with Gasteiger partial charge in [0.2, 0.25) is 0 Å². The van der Waals surface area contributed by atoms with E-state index in [-0.39, 0.29) is 24.2 Å². The number of benzene rings is 2. The fraction of sp³-hybridized carbons (Fsp3) is 0.259. The zero-order chi connectivity index (χ0) is 24.5. The number of amides is 1. The zero-order valence-corrected chi connectivity index (χ0v) is 18.9. The molecule has 0 saturated heterocycles. The third-order valence-electron chi connectivity index (χ3n) is 5.43. The highest BCUT2D eigenvalue weighted by Crippen LogP contribution is 2.13. The Balaban J connectivity index is 1.74. The van der Waals surface area contributed by atoms with Crippen LogP contribution in [0.2, 0.25) is 0 Å². The number of nitrogens with zero attached hydrogens (tertiary/aromatic N) is 1. The third-order valence-corrected chi connectivity index (χ3v) is 5.43. The van der Waals surface area contributed by atoms with E-state index in [0.717, 1.165) is 18.1 Å². The molecule has 5 nitrogen and oxygen atoms in total. The molecule has 0 bridgehead atoms. The number of aliphatic hydroxyl groups is 1. The van der Waals surface area contributed by atoms with Crippen LogP contribution in [0.1, 0.15) is 39.7 Å². The number of carbonyl (C=O) groups excluding carboxylic acids is 1. The number of terminal acetylenes is 1. The first kappa shape index (κ1) is 25.0. The smallest absolute Gasteiger partial charge is 0.254 e. The Morgan fingerprint density at radius 1 is 1.09 bits per heavy atom. The second-order valence-electron chi connectivity index (χ2n) is 7.98. The standard InChI is InChI=1S/C27H27F2N3O2/c1-3-18-7-5-8-19(11-18)16-30-17-26(33)25(14-20-12-21(28)15-22(29)13-20)32-27(34)23-9-6-10-31-24(23)4-2/h2,5-13,15,25-26,30,33H,3,14,16-17H2,1H3,(H,32,34). The second kappa shape index (κ2) is 12.0. The minimum absolute atomic E-state index is 0.0141. The monoisotopic (exact) mass is 463 g/mol. The van der Waals surface area contributed by atoms with Crippen molar-refractivity contribution in [1.29, 1.82) is 0 Å². The molecule has 1 amide bonds. The molecule has 3 N–H and O–H groups in total. The summed E-state index contributed by atoms with van der Waals surface area (Å²) in [6.07, 6.45) is 6.81. The molecule has 2 aromatic carbocycles. The van der Waals surface area contributed by atoms with Gasteiger partial charge in [0.15, 0.2) is 0 Å². The molecule has 3 rings (SSSR count). The van der Waals surface area contributed by atoms with E-state index in [9.17, 15) is 18.7 Å². The van der Waals surface area contributed by atoms with Crippen LogP contribution in [0.15, 0.2) is 60.8 Å². The topological polar surface area (TPSA) is 74.2 Å². The molecular formula is C27H27F2N3O2. The summed E-state index contributed by atoms with van der Waals surface area (Å²) in [7, 11) is 0. The van der Waals surface area contributed by atoms with Crippen LogP contribution >= 0.6 is 0 Å². The summed E-state index contributed by atoms with van der Waals surface area (Å²) in [4.78, 5) is 16.9. The Morgan fingerprint density at radius 3 is 2.53 bits per heavy atom. The first-order valence-electron chi connectivity index (χ1n) is 11.0. The molecule has 2 atom stereocenters. The fourth-order valence-electron chi connectivity index (χ4n) is 3.68. The molecule has 0 aliphatic heterocycles. The number of carbonyl (C=O) groups is 1. The average molecular weight is 464 g/mol. The normalized spacial score (nSPS) is 12.6. The molecular weight excluding hydrogens is 436 g/mol. The largest absolute Gasteiger partial charge is 0.390 e. The molecule has 0 aliphatic carbocycles. The maximum Gasteiger partial charge on any atom is 0.254 e. The highest BCUT2D eigenvalue weighted by molar-refractivity contribution is 5.96. The molecule has 0 aliphatic rings. The summed E-state index contributed by atoms with van der Waals surface area (Å²) in [6, 6.07) is 13.5. The maximum absolute atomic E-state index is 13.7. The molecule has 0 saturated carbocycles. The lowest BCUT2D eigenvalue weighted by Gasteiger charge is -2.25. The van der Waals surface area contributed by atoms with Gasteiger partial charge in [-0.1, -0.05) is 31.2 Å². The van der Waals surface area contributed by atoms with Gasteiger partial charge in [0.25, 0.3) is 5.91 Å². The Bertz CT molecular complexity index is 1160. The van der Waals surface area contributed by atoms with E-state index in [4.69, 9.17) is 6.42 Å². The van der Waals surface area contributed by atoms with Crippen molar-refractivity contribution in [3.05, 3.63) is 100 Å². The SMILES string of the molecule is C#Cc1ncccc1C(=O)NC(Cc1cc(F)cc(F)c1)C(O)CNCc1cccc(CC)c1. The van der Waals surface area contributed by atoms with Crippen molar-refractivity contribution in [3.8, 4) is 12.3 Å².